The summed E-state index contributed by atoms with van der Waals surface area (Å²) in [6, 6.07) is 8.33. The molecular formula is C24H25F4N3O2. The Hall–Kier alpha value is -3.19. The number of likely N-dealkylation sites (N-methyl/N-ethyl adjacent to an activating group) is 1. The molecule has 1 atom stereocenters. The Morgan fingerprint density at radius 2 is 1.70 bits per heavy atom. The Morgan fingerprint density at radius 3 is 2.21 bits per heavy atom. The van der Waals surface area contributed by atoms with Gasteiger partial charge in [-0.2, -0.15) is 8.78 Å². The van der Waals surface area contributed by atoms with Crippen LogP contribution in [0, 0.1) is 11.8 Å². The van der Waals surface area contributed by atoms with Gasteiger partial charge in [-0.25, -0.2) is 13.8 Å². The van der Waals surface area contributed by atoms with Gasteiger partial charge in [0.2, 0.25) is 0 Å². The molecule has 4 N–H and O–H groups in total. The summed E-state index contributed by atoms with van der Waals surface area (Å²) >= 11 is 0. The number of halogens is 4. The van der Waals surface area contributed by atoms with E-state index in [2.05, 4.69) is 16.8 Å². The quantitative estimate of drug-likeness (QED) is 0.187. The summed E-state index contributed by atoms with van der Waals surface area (Å²) in [5.74, 6) is 4.86. The van der Waals surface area contributed by atoms with Crippen LogP contribution in [0.15, 0.2) is 65.9 Å². The lowest BCUT2D eigenvalue weighted by atomic mass is 9.84. The summed E-state index contributed by atoms with van der Waals surface area (Å²) < 4.78 is 58.9. The minimum atomic E-state index is -4.08. The Kier molecular flexibility index (Phi) is 8.39. The second-order valence-corrected chi connectivity index (χ2v) is 7.50. The zero-order valence-corrected chi connectivity index (χ0v) is 18.4. The van der Waals surface area contributed by atoms with Gasteiger partial charge in [0, 0.05) is 36.0 Å². The van der Waals surface area contributed by atoms with Crippen LogP contribution >= 0.6 is 0 Å². The minimum absolute atomic E-state index is 0.0816. The van der Waals surface area contributed by atoms with E-state index in [1.807, 2.05) is 0 Å². The van der Waals surface area contributed by atoms with Crippen LogP contribution < -0.4 is 5.84 Å². The molecule has 1 unspecified atom stereocenters. The van der Waals surface area contributed by atoms with Crippen molar-refractivity contribution in [3.05, 3.63) is 82.7 Å². The number of nitrogens with two attached hydrogens (primary N) is 1. The summed E-state index contributed by atoms with van der Waals surface area (Å²) in [7, 11) is 1.23. The smallest absolute Gasteiger partial charge is 0.322 e. The number of hydrogen-bond donors (Lipinski definition) is 3. The number of aliphatic hydroxyl groups is 1. The van der Waals surface area contributed by atoms with Crippen LogP contribution in [0.1, 0.15) is 37.1 Å². The largest absolute Gasteiger partial charge is 0.508 e. The lowest BCUT2D eigenvalue weighted by Gasteiger charge is -2.38. The first kappa shape index (κ1) is 26.1. The van der Waals surface area contributed by atoms with E-state index in [0.717, 1.165) is 24.2 Å². The molecule has 2 aromatic rings. The van der Waals surface area contributed by atoms with E-state index in [4.69, 9.17) is 5.84 Å². The average molecular weight is 463 g/mol. The highest BCUT2D eigenvalue weighted by Crippen LogP contribution is 2.44. The maximum Gasteiger partial charge on any atom is 0.322 e. The van der Waals surface area contributed by atoms with Gasteiger partial charge in [-0.05, 0) is 49.7 Å². The topological polar surface area (TPSA) is 82.6 Å². The molecule has 1 aromatic carbocycles. The first-order valence-electron chi connectivity index (χ1n) is 9.97. The minimum Gasteiger partial charge on any atom is -0.508 e. The van der Waals surface area contributed by atoms with Crippen LogP contribution in [-0.2, 0) is 5.92 Å². The lowest BCUT2D eigenvalue weighted by molar-refractivity contribution is -0.178. The molecule has 0 fully saturated rings. The maximum atomic E-state index is 15.4. The molecule has 0 aliphatic rings. The highest BCUT2D eigenvalue weighted by Gasteiger charge is 2.57. The van der Waals surface area contributed by atoms with Crippen molar-refractivity contribution in [2.24, 2.45) is 5.84 Å². The number of pyridine rings is 1. The van der Waals surface area contributed by atoms with Crippen molar-refractivity contribution in [1.29, 1.82) is 0 Å². The number of hydrazine groups is 1. The van der Waals surface area contributed by atoms with Crippen LogP contribution in [0.2, 0.25) is 0 Å². The molecule has 5 nitrogen and oxygen atoms in total. The molecule has 33 heavy (non-hydrogen) atoms. The molecule has 0 aliphatic heterocycles. The zero-order chi connectivity index (χ0) is 24.8. The van der Waals surface area contributed by atoms with E-state index in [1.165, 1.54) is 32.2 Å². The zero-order valence-electron chi connectivity index (χ0n) is 18.4. The molecule has 2 rings (SSSR count). The molecular weight excluding hydrogens is 438 g/mol. The van der Waals surface area contributed by atoms with Crippen molar-refractivity contribution in [1.82, 2.24) is 9.99 Å². The van der Waals surface area contributed by atoms with Crippen LogP contribution in [0.4, 0.5) is 17.6 Å². The van der Waals surface area contributed by atoms with Gasteiger partial charge in [0.15, 0.2) is 5.60 Å². The number of phenols is 1. The fourth-order valence-electron chi connectivity index (χ4n) is 2.91. The first-order valence-corrected chi connectivity index (χ1v) is 9.97. The van der Waals surface area contributed by atoms with Gasteiger partial charge in [0.1, 0.15) is 23.1 Å². The van der Waals surface area contributed by atoms with Crippen LogP contribution in [0.5, 0.6) is 5.75 Å². The van der Waals surface area contributed by atoms with Crippen molar-refractivity contribution in [3.8, 4) is 17.6 Å². The van der Waals surface area contributed by atoms with Crippen molar-refractivity contribution in [2.75, 3.05) is 13.6 Å². The summed E-state index contributed by atoms with van der Waals surface area (Å²) in [5, 5.41) is 21.0. The second kappa shape index (κ2) is 10.6. The highest BCUT2D eigenvalue weighted by atomic mass is 19.3. The van der Waals surface area contributed by atoms with Crippen molar-refractivity contribution in [2.45, 2.75) is 31.8 Å². The number of benzene rings is 1. The molecule has 0 bridgehead atoms. The Morgan fingerprint density at radius 1 is 1.12 bits per heavy atom. The summed E-state index contributed by atoms with van der Waals surface area (Å²) in [6.45, 7) is 1.52. The Bertz CT molecular complexity index is 1090. The van der Waals surface area contributed by atoms with Crippen molar-refractivity contribution < 1.29 is 27.8 Å². The van der Waals surface area contributed by atoms with E-state index in [-0.39, 0.29) is 12.2 Å². The average Bonchev–Trinajstić information content (AvgIpc) is 2.77. The van der Waals surface area contributed by atoms with Gasteiger partial charge in [-0.15, -0.1) is 0 Å². The third-order valence-corrected chi connectivity index (χ3v) is 4.90. The van der Waals surface area contributed by atoms with E-state index in [1.54, 1.807) is 12.1 Å². The first-order chi connectivity index (χ1) is 15.4. The van der Waals surface area contributed by atoms with Crippen LogP contribution in [0.3, 0.4) is 0 Å². The van der Waals surface area contributed by atoms with Crippen LogP contribution in [0.25, 0.3) is 0 Å². The predicted molar refractivity (Wildman–Crippen MR) is 117 cm³/mol. The number of aromatic hydroxyl groups is 1. The predicted octanol–water partition coefficient (Wildman–Crippen LogP) is 4.32. The third kappa shape index (κ3) is 6.20. The number of rotatable bonds is 7. The molecule has 0 amide bonds. The molecule has 0 saturated heterocycles. The van der Waals surface area contributed by atoms with Gasteiger partial charge in [0.25, 0.3) is 0 Å². The SMILES string of the molecule is CC/C(F)=C\C(F)=C(/C)C(O)(CN(C)N)C(F)(F)c1ccc(C#Cc2ccc(O)cc2)cn1. The van der Waals surface area contributed by atoms with E-state index >= 15 is 8.78 Å². The molecule has 0 aliphatic carbocycles. The fourth-order valence-corrected chi connectivity index (χ4v) is 2.91. The Balaban J connectivity index is 2.44. The number of allylic oxidation sites excluding steroid dienone is 3. The summed E-state index contributed by atoms with van der Waals surface area (Å²) in [6.07, 6.45) is 1.41. The molecule has 1 aromatic heterocycles. The fraction of sp³-hybridized carbons (Fsp3) is 0.292. The van der Waals surface area contributed by atoms with E-state index in [0.29, 0.717) is 17.2 Å². The van der Waals surface area contributed by atoms with Crippen LogP contribution in [-0.4, -0.2) is 39.4 Å². The Labute approximate surface area is 189 Å². The number of phenolic OH excluding ortho intramolecular Hbond substituents is 1. The van der Waals surface area contributed by atoms with E-state index in [9.17, 15) is 19.0 Å². The van der Waals surface area contributed by atoms with Gasteiger partial charge in [-0.3, -0.25) is 10.8 Å². The number of hydrogen-bond acceptors (Lipinski definition) is 5. The molecule has 1 heterocycles. The molecule has 176 valence electrons. The highest BCUT2D eigenvalue weighted by molar-refractivity contribution is 5.44. The number of alkyl halides is 2. The molecule has 9 heteroatoms. The van der Waals surface area contributed by atoms with Gasteiger partial charge < -0.3 is 10.2 Å². The van der Waals surface area contributed by atoms with Gasteiger partial charge >= 0.3 is 5.92 Å². The van der Waals surface area contributed by atoms with Crippen molar-refractivity contribution in [3.63, 3.8) is 0 Å². The van der Waals surface area contributed by atoms with Crippen molar-refractivity contribution >= 4 is 0 Å². The number of nitrogens with zero attached hydrogens (tertiary/aromatic N) is 2. The second-order valence-electron chi connectivity index (χ2n) is 7.50. The summed E-state index contributed by atoms with van der Waals surface area (Å²) in [4.78, 5) is 3.72. The molecule has 0 radical (unpaired) electrons. The van der Waals surface area contributed by atoms with Gasteiger partial charge in [-0.1, -0.05) is 18.8 Å². The third-order valence-electron chi connectivity index (χ3n) is 4.90. The maximum absolute atomic E-state index is 15.4. The lowest BCUT2D eigenvalue weighted by Crippen LogP contribution is -2.56. The summed E-state index contributed by atoms with van der Waals surface area (Å²) in [5.41, 5.74) is -3.84. The normalized spacial score (nSPS) is 14.9. The molecule has 0 saturated carbocycles. The number of aromatic nitrogens is 1. The monoisotopic (exact) mass is 463 g/mol. The standard InChI is InChI=1S/C24H25F4N3O2/c1-4-19(25)13-21(26)16(2)23(33,15-31(3)29)24(27,28)22-12-9-18(14-30-22)6-5-17-7-10-20(32)11-8-17/h7-14,32-33H,4,15,29H2,1-3H3/b19-13+,21-16-. The molecule has 0 spiro atoms. The van der Waals surface area contributed by atoms with Gasteiger partial charge in [0.05, 0.1) is 6.54 Å². The van der Waals surface area contributed by atoms with E-state index < -0.39 is 41.0 Å².